The summed E-state index contributed by atoms with van der Waals surface area (Å²) in [6, 6.07) is 21.6. The van der Waals surface area contributed by atoms with Gasteiger partial charge in [-0.15, -0.1) is 24.8 Å². The molecule has 1 heterocycles. The molecule has 0 unspecified atom stereocenters. The van der Waals surface area contributed by atoms with Gasteiger partial charge in [0.2, 0.25) is 0 Å². The van der Waals surface area contributed by atoms with E-state index in [9.17, 15) is 15.0 Å². The molecule has 3 aromatic carbocycles. The first-order chi connectivity index (χ1) is 17.8. The summed E-state index contributed by atoms with van der Waals surface area (Å²) < 4.78 is 6.14. The van der Waals surface area contributed by atoms with Crippen LogP contribution in [0.25, 0.3) is 10.9 Å². The van der Waals surface area contributed by atoms with E-state index in [1.807, 2.05) is 36.4 Å². The molecule has 39 heavy (non-hydrogen) atoms. The van der Waals surface area contributed by atoms with E-state index in [1.54, 1.807) is 56.7 Å². The van der Waals surface area contributed by atoms with Gasteiger partial charge in [0.1, 0.15) is 11.5 Å². The number of carbonyl (C=O) groups excluding carboxylic acids is 1. The molecule has 1 amide bonds. The fraction of sp³-hybridized carbons (Fsp3) is 0.241. The Balaban J connectivity index is 0.00000267. The lowest BCUT2D eigenvalue weighted by Crippen LogP contribution is -2.37. The third-order valence-corrected chi connectivity index (χ3v) is 6.28. The Morgan fingerprint density at radius 2 is 1.79 bits per heavy atom. The zero-order valence-corrected chi connectivity index (χ0v) is 24.0. The predicted octanol–water partition coefficient (Wildman–Crippen LogP) is 5.45. The number of rotatable bonds is 10. The van der Waals surface area contributed by atoms with E-state index in [4.69, 9.17) is 16.3 Å². The van der Waals surface area contributed by atoms with Gasteiger partial charge in [-0.3, -0.25) is 9.78 Å². The van der Waals surface area contributed by atoms with Crippen LogP contribution in [0.2, 0.25) is 5.02 Å². The lowest BCUT2D eigenvalue weighted by atomic mass is 10.0. The van der Waals surface area contributed by atoms with Crippen LogP contribution in [-0.2, 0) is 6.42 Å². The van der Waals surface area contributed by atoms with E-state index >= 15 is 0 Å². The van der Waals surface area contributed by atoms with Crippen LogP contribution in [0.3, 0.4) is 0 Å². The first-order valence-corrected chi connectivity index (χ1v) is 12.4. The molecule has 3 N–H and O–H groups in total. The number of hydrogen-bond donors (Lipinski definition) is 3. The Morgan fingerprint density at radius 1 is 1.05 bits per heavy atom. The maximum Gasteiger partial charge on any atom is 0.253 e. The van der Waals surface area contributed by atoms with Crippen molar-refractivity contribution in [3.05, 3.63) is 101 Å². The molecule has 208 valence electrons. The van der Waals surface area contributed by atoms with Crippen molar-refractivity contribution >= 4 is 53.2 Å². The van der Waals surface area contributed by atoms with Crippen LogP contribution in [-0.4, -0.2) is 59.3 Å². The van der Waals surface area contributed by atoms with E-state index in [1.165, 1.54) is 4.90 Å². The third kappa shape index (κ3) is 8.54. The first kappa shape index (κ1) is 32.3. The SMILES string of the molecule is CN(C)C(=O)c1ccc2nccc(Oc3ccc(C[C@@H](CO)NC[C@H](O)c4cccc(Cl)c4)cc3)c2c1.Cl.Cl. The Bertz CT molecular complexity index is 1370. The summed E-state index contributed by atoms with van der Waals surface area (Å²) in [7, 11) is 3.43. The Morgan fingerprint density at radius 3 is 2.46 bits per heavy atom. The smallest absolute Gasteiger partial charge is 0.253 e. The molecular weight excluding hydrogens is 561 g/mol. The summed E-state index contributed by atoms with van der Waals surface area (Å²) in [5.41, 5.74) is 3.03. The summed E-state index contributed by atoms with van der Waals surface area (Å²) in [6.45, 7) is 0.220. The van der Waals surface area contributed by atoms with E-state index < -0.39 is 6.10 Å². The van der Waals surface area contributed by atoms with Gasteiger partial charge in [0, 0.05) is 48.9 Å². The topological polar surface area (TPSA) is 94.9 Å². The van der Waals surface area contributed by atoms with Crippen molar-refractivity contribution in [3.63, 3.8) is 0 Å². The molecule has 0 aliphatic carbocycles. The van der Waals surface area contributed by atoms with Gasteiger partial charge in [-0.05, 0) is 66.1 Å². The lowest BCUT2D eigenvalue weighted by molar-refractivity contribution is 0.0827. The van der Waals surface area contributed by atoms with E-state index in [2.05, 4.69) is 10.3 Å². The highest BCUT2D eigenvalue weighted by Gasteiger charge is 2.14. The molecule has 7 nitrogen and oxygen atoms in total. The number of hydrogen-bond acceptors (Lipinski definition) is 6. The Labute approximate surface area is 245 Å². The largest absolute Gasteiger partial charge is 0.457 e. The number of aromatic nitrogens is 1. The summed E-state index contributed by atoms with van der Waals surface area (Å²) in [5.74, 6) is 1.16. The van der Waals surface area contributed by atoms with Crippen LogP contribution >= 0.6 is 36.4 Å². The molecule has 0 fully saturated rings. The number of halogens is 3. The van der Waals surface area contributed by atoms with Crippen molar-refractivity contribution in [1.29, 1.82) is 0 Å². The van der Waals surface area contributed by atoms with Crippen molar-refractivity contribution < 1.29 is 19.7 Å². The lowest BCUT2D eigenvalue weighted by Gasteiger charge is -2.19. The maximum absolute atomic E-state index is 12.4. The van der Waals surface area contributed by atoms with E-state index in [0.717, 1.165) is 22.0 Å². The van der Waals surface area contributed by atoms with Gasteiger partial charge in [0.25, 0.3) is 5.91 Å². The molecule has 0 radical (unpaired) electrons. The number of pyridine rings is 1. The summed E-state index contributed by atoms with van der Waals surface area (Å²) in [6.07, 6.45) is 1.52. The number of benzene rings is 3. The average molecular weight is 593 g/mol. The van der Waals surface area contributed by atoms with E-state index in [0.29, 0.717) is 35.1 Å². The second-order valence-electron chi connectivity index (χ2n) is 9.05. The van der Waals surface area contributed by atoms with Crippen molar-refractivity contribution in [2.24, 2.45) is 0 Å². The molecule has 0 aliphatic rings. The van der Waals surface area contributed by atoms with Crippen molar-refractivity contribution in [2.75, 3.05) is 27.2 Å². The van der Waals surface area contributed by atoms with Crippen LogP contribution in [0.15, 0.2) is 79.0 Å². The number of nitrogens with zero attached hydrogens (tertiary/aromatic N) is 2. The van der Waals surface area contributed by atoms with Crippen LogP contribution in [0.4, 0.5) is 0 Å². The normalized spacial score (nSPS) is 12.1. The summed E-state index contributed by atoms with van der Waals surface area (Å²) in [5, 5.41) is 24.8. The van der Waals surface area contributed by atoms with Crippen LogP contribution in [0.5, 0.6) is 11.5 Å². The molecular formula is C29H32Cl3N3O4. The molecule has 0 spiro atoms. The number of carbonyl (C=O) groups is 1. The van der Waals surface area contributed by atoms with Crippen LogP contribution in [0.1, 0.15) is 27.6 Å². The molecule has 10 heteroatoms. The molecule has 4 rings (SSSR count). The van der Waals surface area contributed by atoms with Crippen molar-refractivity contribution in [1.82, 2.24) is 15.2 Å². The van der Waals surface area contributed by atoms with Crippen molar-refractivity contribution in [3.8, 4) is 11.5 Å². The highest BCUT2D eigenvalue weighted by atomic mass is 35.5. The fourth-order valence-electron chi connectivity index (χ4n) is 4.02. The fourth-order valence-corrected chi connectivity index (χ4v) is 4.22. The molecule has 0 saturated carbocycles. The van der Waals surface area contributed by atoms with E-state index in [-0.39, 0.29) is 43.4 Å². The summed E-state index contributed by atoms with van der Waals surface area (Å²) >= 11 is 6.01. The van der Waals surface area contributed by atoms with Gasteiger partial charge in [-0.25, -0.2) is 0 Å². The number of fused-ring (bicyclic) bond motifs is 1. The van der Waals surface area contributed by atoms with Gasteiger partial charge in [-0.2, -0.15) is 0 Å². The summed E-state index contributed by atoms with van der Waals surface area (Å²) in [4.78, 5) is 18.3. The van der Waals surface area contributed by atoms with Crippen LogP contribution < -0.4 is 10.1 Å². The molecule has 0 bridgehead atoms. The Kier molecular flexibility index (Phi) is 12.4. The minimum Gasteiger partial charge on any atom is -0.457 e. The van der Waals surface area contributed by atoms with Crippen molar-refractivity contribution in [2.45, 2.75) is 18.6 Å². The standard InChI is InChI=1S/C29H30ClN3O4.2ClH/c1-33(2)29(36)21-8-11-26-25(16-21)28(12-13-31-26)37-24-9-6-19(7-10-24)14-23(18-34)32-17-27(35)20-4-3-5-22(30)15-20;;/h3-13,15-16,23,27,32,34-35H,14,17-18H2,1-2H3;2*1H/t23-,27-;;/m0../s1. The molecule has 1 aromatic heterocycles. The predicted molar refractivity (Wildman–Crippen MR) is 160 cm³/mol. The number of ether oxygens (including phenoxy) is 1. The zero-order valence-electron chi connectivity index (χ0n) is 21.6. The highest BCUT2D eigenvalue weighted by molar-refractivity contribution is 6.30. The molecule has 0 aliphatic heterocycles. The van der Waals surface area contributed by atoms with Gasteiger partial charge in [0.05, 0.1) is 18.2 Å². The van der Waals surface area contributed by atoms with Gasteiger partial charge < -0.3 is 25.2 Å². The quantitative estimate of drug-likeness (QED) is 0.227. The van der Waals surface area contributed by atoms with Gasteiger partial charge in [0.15, 0.2) is 0 Å². The second-order valence-corrected chi connectivity index (χ2v) is 9.49. The Hall–Kier alpha value is -2.91. The average Bonchev–Trinajstić information content (AvgIpc) is 2.91. The highest BCUT2D eigenvalue weighted by Crippen LogP contribution is 2.30. The molecule has 2 atom stereocenters. The van der Waals surface area contributed by atoms with Crippen LogP contribution in [0, 0.1) is 0 Å². The molecule has 0 saturated heterocycles. The molecule has 4 aromatic rings. The number of aliphatic hydroxyl groups excluding tert-OH is 2. The zero-order chi connectivity index (χ0) is 26.4. The number of nitrogens with one attached hydrogen (secondary N) is 1. The number of amides is 1. The number of aliphatic hydroxyl groups is 2. The minimum absolute atomic E-state index is 0. The van der Waals surface area contributed by atoms with Gasteiger partial charge >= 0.3 is 0 Å². The maximum atomic E-state index is 12.4. The minimum atomic E-state index is -0.729. The monoisotopic (exact) mass is 591 g/mol. The third-order valence-electron chi connectivity index (χ3n) is 6.04. The van der Waals surface area contributed by atoms with Gasteiger partial charge in [-0.1, -0.05) is 35.9 Å². The first-order valence-electron chi connectivity index (χ1n) is 12.0. The second kappa shape index (κ2) is 15.0.